The van der Waals surface area contributed by atoms with E-state index in [1.54, 1.807) is 0 Å². The van der Waals surface area contributed by atoms with E-state index in [-0.39, 0.29) is 5.41 Å². The standard InChI is InChI=1S/C53H37NO/c1-53(2)48-15-9-8-14-45(48)46-27-25-43(33-49(46)53)54(41-22-18-36(19-23-41)34-10-4-3-5-11-34)42-24-26-44-40(31-42)21-29-51-52(44)47-32-39(20-28-50(47)55-51)38-17-16-35-12-6-7-13-37(35)30-38/h3-33H,1-2H3. The van der Waals surface area contributed by atoms with Gasteiger partial charge in [-0.1, -0.05) is 141 Å². The Kier molecular flexibility index (Phi) is 6.93. The summed E-state index contributed by atoms with van der Waals surface area (Å²) in [5.74, 6) is 0. The molecule has 0 bridgehead atoms. The number of benzene rings is 9. The maximum atomic E-state index is 6.46. The molecule has 1 aliphatic rings. The fraction of sp³-hybridized carbons (Fsp3) is 0.0566. The zero-order valence-electron chi connectivity index (χ0n) is 30.8. The fourth-order valence-electron chi connectivity index (χ4n) is 8.99. The molecule has 2 nitrogen and oxygen atoms in total. The van der Waals surface area contributed by atoms with Gasteiger partial charge in [-0.15, -0.1) is 0 Å². The van der Waals surface area contributed by atoms with Crippen molar-refractivity contribution in [2.45, 2.75) is 19.3 Å². The highest BCUT2D eigenvalue weighted by atomic mass is 16.3. The van der Waals surface area contributed by atoms with Gasteiger partial charge in [0.25, 0.3) is 0 Å². The summed E-state index contributed by atoms with van der Waals surface area (Å²) in [4.78, 5) is 2.41. The van der Waals surface area contributed by atoms with Gasteiger partial charge in [0.05, 0.1) is 0 Å². The number of anilines is 3. The van der Waals surface area contributed by atoms with Crippen LogP contribution in [-0.4, -0.2) is 0 Å². The molecule has 2 heteroatoms. The van der Waals surface area contributed by atoms with Crippen LogP contribution in [0.1, 0.15) is 25.0 Å². The van der Waals surface area contributed by atoms with E-state index >= 15 is 0 Å². The molecule has 55 heavy (non-hydrogen) atoms. The molecule has 11 rings (SSSR count). The lowest BCUT2D eigenvalue weighted by molar-refractivity contribution is 0.660. The highest BCUT2D eigenvalue weighted by Crippen LogP contribution is 2.51. The van der Waals surface area contributed by atoms with Gasteiger partial charge in [0.15, 0.2) is 0 Å². The summed E-state index contributed by atoms with van der Waals surface area (Å²) in [7, 11) is 0. The lowest BCUT2D eigenvalue weighted by Crippen LogP contribution is -2.16. The third kappa shape index (κ3) is 5.02. The van der Waals surface area contributed by atoms with Crippen molar-refractivity contribution in [3.8, 4) is 33.4 Å². The molecular weight excluding hydrogens is 667 g/mol. The summed E-state index contributed by atoms with van der Waals surface area (Å²) >= 11 is 0. The Labute approximate surface area is 320 Å². The monoisotopic (exact) mass is 703 g/mol. The third-order valence-electron chi connectivity index (χ3n) is 11.8. The number of furan rings is 1. The molecule has 0 spiro atoms. The minimum Gasteiger partial charge on any atom is -0.456 e. The van der Waals surface area contributed by atoms with Crippen molar-refractivity contribution >= 4 is 60.5 Å². The van der Waals surface area contributed by atoms with E-state index in [4.69, 9.17) is 4.42 Å². The third-order valence-corrected chi connectivity index (χ3v) is 11.8. The van der Waals surface area contributed by atoms with Crippen molar-refractivity contribution in [1.29, 1.82) is 0 Å². The highest BCUT2D eigenvalue weighted by Gasteiger charge is 2.35. The molecule has 0 fully saturated rings. The molecule has 0 aliphatic heterocycles. The predicted molar refractivity (Wildman–Crippen MR) is 232 cm³/mol. The van der Waals surface area contributed by atoms with Crippen molar-refractivity contribution in [3.05, 3.63) is 199 Å². The van der Waals surface area contributed by atoms with E-state index in [0.29, 0.717) is 0 Å². The number of fused-ring (bicyclic) bond motifs is 9. The summed E-state index contributed by atoms with van der Waals surface area (Å²) < 4.78 is 6.46. The molecule has 0 saturated heterocycles. The number of nitrogens with zero attached hydrogens (tertiary/aromatic N) is 1. The second-order valence-corrected chi connectivity index (χ2v) is 15.4. The van der Waals surface area contributed by atoms with Crippen LogP contribution < -0.4 is 4.90 Å². The van der Waals surface area contributed by atoms with Crippen LogP contribution in [0, 0.1) is 0 Å². The number of hydrogen-bond donors (Lipinski definition) is 0. The Bertz CT molecular complexity index is 3110. The number of rotatable bonds is 5. The van der Waals surface area contributed by atoms with E-state index in [2.05, 4.69) is 207 Å². The van der Waals surface area contributed by atoms with Gasteiger partial charge in [0.1, 0.15) is 11.2 Å². The van der Waals surface area contributed by atoms with E-state index in [1.165, 1.54) is 66.1 Å². The molecule has 0 amide bonds. The van der Waals surface area contributed by atoms with Crippen molar-refractivity contribution in [1.82, 2.24) is 0 Å². The smallest absolute Gasteiger partial charge is 0.136 e. The first-order chi connectivity index (χ1) is 27.0. The minimum absolute atomic E-state index is 0.103. The average Bonchev–Trinajstić information content (AvgIpc) is 3.73. The van der Waals surface area contributed by atoms with Crippen LogP contribution >= 0.6 is 0 Å². The summed E-state index contributed by atoms with van der Waals surface area (Å²) in [5, 5.41) is 7.12. The van der Waals surface area contributed by atoms with Crippen LogP contribution in [0.3, 0.4) is 0 Å². The Hall–Kier alpha value is -6.90. The molecule has 0 N–H and O–H groups in total. The Morgan fingerprint density at radius 1 is 0.382 bits per heavy atom. The molecule has 1 aromatic heterocycles. The molecule has 0 saturated carbocycles. The Balaban J connectivity index is 1.06. The molecule has 0 radical (unpaired) electrons. The van der Waals surface area contributed by atoms with Gasteiger partial charge in [0, 0.05) is 33.2 Å². The van der Waals surface area contributed by atoms with E-state index in [9.17, 15) is 0 Å². The highest BCUT2D eigenvalue weighted by molar-refractivity contribution is 6.20. The number of hydrogen-bond acceptors (Lipinski definition) is 2. The first-order valence-electron chi connectivity index (χ1n) is 19.1. The van der Waals surface area contributed by atoms with Crippen LogP contribution in [0.25, 0.3) is 76.9 Å². The van der Waals surface area contributed by atoms with Crippen molar-refractivity contribution < 1.29 is 4.42 Å². The Morgan fingerprint density at radius 3 is 1.87 bits per heavy atom. The second-order valence-electron chi connectivity index (χ2n) is 15.4. The van der Waals surface area contributed by atoms with Crippen LogP contribution in [0.4, 0.5) is 17.1 Å². The second kappa shape index (κ2) is 12.1. The maximum absolute atomic E-state index is 6.46. The molecule has 1 aliphatic carbocycles. The van der Waals surface area contributed by atoms with E-state index in [0.717, 1.165) is 39.0 Å². The summed E-state index contributed by atoms with van der Waals surface area (Å²) in [6.07, 6.45) is 0. The van der Waals surface area contributed by atoms with E-state index in [1.807, 2.05) is 0 Å². The first kappa shape index (κ1) is 31.6. The van der Waals surface area contributed by atoms with Gasteiger partial charge in [0.2, 0.25) is 0 Å². The molecule has 260 valence electrons. The SMILES string of the molecule is CC1(C)c2ccccc2-c2ccc(N(c3ccc(-c4ccccc4)cc3)c3ccc4c(ccc5oc6ccc(-c7ccc8ccccc8c7)cc6c54)c3)cc21. The zero-order chi connectivity index (χ0) is 36.7. The minimum atomic E-state index is -0.103. The van der Waals surface area contributed by atoms with Crippen molar-refractivity contribution in [2.75, 3.05) is 4.90 Å². The van der Waals surface area contributed by atoms with Crippen LogP contribution in [0.15, 0.2) is 192 Å². The average molecular weight is 704 g/mol. The van der Waals surface area contributed by atoms with Gasteiger partial charge in [-0.25, -0.2) is 0 Å². The topological polar surface area (TPSA) is 16.4 Å². The van der Waals surface area contributed by atoms with Gasteiger partial charge < -0.3 is 9.32 Å². The van der Waals surface area contributed by atoms with Crippen molar-refractivity contribution in [3.63, 3.8) is 0 Å². The predicted octanol–water partition coefficient (Wildman–Crippen LogP) is 15.0. The molecule has 9 aromatic carbocycles. The van der Waals surface area contributed by atoms with E-state index < -0.39 is 0 Å². The van der Waals surface area contributed by atoms with Crippen LogP contribution in [0.5, 0.6) is 0 Å². The van der Waals surface area contributed by atoms with Gasteiger partial charge in [-0.2, -0.15) is 0 Å². The lowest BCUT2D eigenvalue weighted by atomic mass is 9.82. The molecule has 10 aromatic rings. The van der Waals surface area contributed by atoms with Gasteiger partial charge in [-0.3, -0.25) is 0 Å². The largest absolute Gasteiger partial charge is 0.456 e. The molecule has 1 heterocycles. The summed E-state index contributed by atoms with van der Waals surface area (Å²) in [5.41, 5.74) is 15.2. The maximum Gasteiger partial charge on any atom is 0.136 e. The zero-order valence-corrected chi connectivity index (χ0v) is 30.8. The fourth-order valence-corrected chi connectivity index (χ4v) is 8.99. The molecular formula is C53H37NO. The van der Waals surface area contributed by atoms with Crippen LogP contribution in [-0.2, 0) is 5.41 Å². The Morgan fingerprint density at radius 2 is 1.00 bits per heavy atom. The van der Waals surface area contributed by atoms with Gasteiger partial charge in [-0.05, 0) is 127 Å². The lowest BCUT2D eigenvalue weighted by Gasteiger charge is -2.28. The molecule has 0 atom stereocenters. The quantitative estimate of drug-likeness (QED) is 0.177. The normalized spacial score (nSPS) is 13.1. The summed E-state index contributed by atoms with van der Waals surface area (Å²) in [6.45, 7) is 4.70. The summed E-state index contributed by atoms with van der Waals surface area (Å²) in [6, 6.07) is 68.5. The van der Waals surface area contributed by atoms with Crippen molar-refractivity contribution in [2.24, 2.45) is 0 Å². The molecule has 0 unspecified atom stereocenters. The first-order valence-corrected chi connectivity index (χ1v) is 19.1. The van der Waals surface area contributed by atoms with Gasteiger partial charge >= 0.3 is 0 Å². The van der Waals surface area contributed by atoms with Crippen LogP contribution in [0.2, 0.25) is 0 Å².